The van der Waals surface area contributed by atoms with Crippen molar-refractivity contribution in [2.45, 2.75) is 0 Å². The van der Waals surface area contributed by atoms with Crippen LogP contribution in [-0.2, 0) is 0 Å². The zero-order chi connectivity index (χ0) is 37.5. The largest absolute Gasteiger partial charge is 0.453 e. The molecule has 266 valence electrons. The van der Waals surface area contributed by atoms with E-state index in [2.05, 4.69) is 199 Å². The Morgan fingerprint density at radius 3 is 1.82 bits per heavy atom. The molecule has 0 atom stereocenters. The highest BCUT2D eigenvalue weighted by molar-refractivity contribution is 7.25. The summed E-state index contributed by atoms with van der Waals surface area (Å²) in [6.07, 6.45) is 0. The van der Waals surface area contributed by atoms with E-state index >= 15 is 0 Å². The summed E-state index contributed by atoms with van der Waals surface area (Å²) in [6.45, 7) is 0. The minimum absolute atomic E-state index is 0.833. The first-order chi connectivity index (χ1) is 28.2. The topological polar surface area (TPSA) is 31.0 Å². The Kier molecular flexibility index (Phi) is 7.10. The summed E-state index contributed by atoms with van der Waals surface area (Å²) in [5.74, 6) is 0. The summed E-state index contributed by atoms with van der Waals surface area (Å²) < 4.78 is 12.0. The number of para-hydroxylation sites is 3. The molecule has 57 heavy (non-hydrogen) atoms. The maximum Gasteiger partial charge on any atom is 0.160 e. The Hall–Kier alpha value is -7.27. The van der Waals surface area contributed by atoms with Crippen LogP contribution in [0.2, 0.25) is 0 Å². The van der Waals surface area contributed by atoms with Gasteiger partial charge in [0.25, 0.3) is 0 Å². The van der Waals surface area contributed by atoms with Gasteiger partial charge in [-0.15, -0.1) is 11.3 Å². The number of benzene rings is 8. The van der Waals surface area contributed by atoms with E-state index in [4.69, 9.17) is 9.40 Å². The maximum atomic E-state index is 7.13. The van der Waals surface area contributed by atoms with Crippen LogP contribution in [-0.4, -0.2) is 9.55 Å². The average Bonchev–Trinajstić information content (AvgIpc) is 3.96. The molecule has 3 nitrogen and oxygen atoms in total. The minimum Gasteiger partial charge on any atom is -0.453 e. The summed E-state index contributed by atoms with van der Waals surface area (Å²) in [6, 6.07) is 69.4. The highest BCUT2D eigenvalue weighted by Crippen LogP contribution is 2.44. The van der Waals surface area contributed by atoms with E-state index in [1.807, 2.05) is 11.3 Å². The summed E-state index contributed by atoms with van der Waals surface area (Å²) in [5.41, 5.74) is 13.5. The Morgan fingerprint density at radius 1 is 0.386 bits per heavy atom. The molecule has 4 heterocycles. The van der Waals surface area contributed by atoms with E-state index in [1.165, 1.54) is 42.1 Å². The highest BCUT2D eigenvalue weighted by atomic mass is 32.1. The van der Waals surface area contributed by atoms with Crippen molar-refractivity contribution in [3.63, 3.8) is 0 Å². The monoisotopic (exact) mass is 744 g/mol. The van der Waals surface area contributed by atoms with Gasteiger partial charge in [0.15, 0.2) is 5.58 Å². The van der Waals surface area contributed by atoms with Crippen molar-refractivity contribution in [2.24, 2.45) is 0 Å². The number of pyridine rings is 1. The lowest BCUT2D eigenvalue weighted by Gasteiger charge is -2.12. The number of hydrogen-bond donors (Lipinski definition) is 0. The van der Waals surface area contributed by atoms with Crippen LogP contribution in [0.25, 0.3) is 114 Å². The molecule has 0 amide bonds. The van der Waals surface area contributed by atoms with Gasteiger partial charge >= 0.3 is 0 Å². The Labute approximate surface area is 332 Å². The van der Waals surface area contributed by atoms with Crippen LogP contribution >= 0.6 is 11.3 Å². The molecule has 0 saturated heterocycles. The molecule has 0 unspecified atom stereocenters. The first-order valence-corrected chi connectivity index (χ1v) is 20.1. The molecular formula is C53H32N2OS. The van der Waals surface area contributed by atoms with Gasteiger partial charge in [-0.1, -0.05) is 140 Å². The Balaban J connectivity index is 1.09. The van der Waals surface area contributed by atoms with Crippen molar-refractivity contribution in [3.05, 3.63) is 194 Å². The zero-order valence-electron chi connectivity index (χ0n) is 30.7. The lowest BCUT2D eigenvalue weighted by molar-refractivity contribution is 0.672. The van der Waals surface area contributed by atoms with E-state index in [0.717, 1.165) is 72.3 Å². The smallest absolute Gasteiger partial charge is 0.160 e. The van der Waals surface area contributed by atoms with Crippen LogP contribution in [0, 0.1) is 0 Å². The third kappa shape index (κ3) is 5.08. The van der Waals surface area contributed by atoms with Crippen molar-refractivity contribution in [3.8, 4) is 50.5 Å². The van der Waals surface area contributed by atoms with Crippen molar-refractivity contribution < 1.29 is 4.42 Å². The van der Waals surface area contributed by atoms with Gasteiger partial charge in [-0.2, -0.15) is 0 Å². The van der Waals surface area contributed by atoms with E-state index in [-0.39, 0.29) is 0 Å². The number of thiophene rings is 1. The molecule has 0 bridgehead atoms. The number of hydrogen-bond acceptors (Lipinski definition) is 3. The molecule has 0 fully saturated rings. The molecule has 0 radical (unpaired) electrons. The number of aromatic nitrogens is 2. The van der Waals surface area contributed by atoms with Gasteiger partial charge in [0, 0.05) is 58.5 Å². The summed E-state index contributed by atoms with van der Waals surface area (Å²) in [4.78, 5) is 5.45. The molecule has 0 aliphatic carbocycles. The van der Waals surface area contributed by atoms with Crippen molar-refractivity contribution in [1.29, 1.82) is 0 Å². The van der Waals surface area contributed by atoms with Crippen molar-refractivity contribution in [2.75, 3.05) is 0 Å². The third-order valence-corrected chi connectivity index (χ3v) is 12.5. The predicted octanol–water partition coefficient (Wildman–Crippen LogP) is 15.1. The SMILES string of the molecule is c1ccc(-c2ccc(-c3cc(-c4ccc5c(c4)sc4ccccc45)nc(-c4cccc5c4oc4c5ccc5c6ccccc6n(-c6ccccc6)c54)c3)cc2)cc1. The lowest BCUT2D eigenvalue weighted by atomic mass is 9.97. The fraction of sp³-hybridized carbons (Fsp3) is 0. The van der Waals surface area contributed by atoms with Gasteiger partial charge in [0.2, 0.25) is 0 Å². The molecule has 0 saturated carbocycles. The highest BCUT2D eigenvalue weighted by Gasteiger charge is 2.21. The normalized spacial score (nSPS) is 11.9. The van der Waals surface area contributed by atoms with Gasteiger partial charge in [-0.05, 0) is 76.9 Å². The van der Waals surface area contributed by atoms with Gasteiger partial charge in [-0.25, -0.2) is 4.98 Å². The summed E-state index contributed by atoms with van der Waals surface area (Å²) >= 11 is 1.83. The minimum atomic E-state index is 0.833. The van der Waals surface area contributed by atoms with Crippen LogP contribution in [0.3, 0.4) is 0 Å². The molecule has 12 aromatic rings. The molecular weight excluding hydrogens is 713 g/mol. The summed E-state index contributed by atoms with van der Waals surface area (Å²) in [7, 11) is 0. The van der Waals surface area contributed by atoms with Crippen LogP contribution in [0.1, 0.15) is 0 Å². The zero-order valence-corrected chi connectivity index (χ0v) is 31.5. The second-order valence-corrected chi connectivity index (χ2v) is 15.8. The average molecular weight is 745 g/mol. The van der Waals surface area contributed by atoms with Crippen LogP contribution in [0.4, 0.5) is 0 Å². The third-order valence-electron chi connectivity index (χ3n) is 11.4. The van der Waals surface area contributed by atoms with Crippen molar-refractivity contribution >= 4 is 75.3 Å². The number of nitrogens with zero attached hydrogens (tertiary/aromatic N) is 2. The second-order valence-electron chi connectivity index (χ2n) is 14.7. The van der Waals surface area contributed by atoms with E-state index < -0.39 is 0 Å². The quantitative estimate of drug-likeness (QED) is 0.176. The molecule has 12 rings (SSSR count). The molecule has 4 heteroatoms. The Bertz CT molecular complexity index is 3500. The van der Waals surface area contributed by atoms with Crippen LogP contribution in [0.15, 0.2) is 199 Å². The molecule has 0 aliphatic heterocycles. The van der Waals surface area contributed by atoms with E-state index in [0.29, 0.717) is 0 Å². The number of fused-ring (bicyclic) bond motifs is 10. The standard InChI is InChI=1S/C53H32N2OS/c1-3-12-33(13-4-1)34-22-24-35(25-23-34)37-30-46(36-26-27-41-40-17-8-10-21-49(40)57-50(41)32-36)54-47(31-37)45-19-11-18-43-44-29-28-42-39-16-7-9-20-48(39)55(38-14-5-2-6-15-38)51(42)53(44)56-52(43)45/h1-32H. The van der Waals surface area contributed by atoms with Gasteiger partial charge < -0.3 is 8.98 Å². The second kappa shape index (κ2) is 12.6. The fourth-order valence-corrected chi connectivity index (χ4v) is 9.85. The van der Waals surface area contributed by atoms with Crippen molar-refractivity contribution in [1.82, 2.24) is 9.55 Å². The molecule has 0 aliphatic rings. The van der Waals surface area contributed by atoms with Gasteiger partial charge in [0.05, 0.1) is 22.4 Å². The lowest BCUT2D eigenvalue weighted by Crippen LogP contribution is -1.93. The summed E-state index contributed by atoms with van der Waals surface area (Å²) in [5, 5.41) is 7.09. The van der Waals surface area contributed by atoms with Gasteiger partial charge in [0.1, 0.15) is 5.58 Å². The number of rotatable bonds is 5. The fourth-order valence-electron chi connectivity index (χ4n) is 8.70. The predicted molar refractivity (Wildman–Crippen MR) is 240 cm³/mol. The molecule has 8 aromatic carbocycles. The molecule has 0 N–H and O–H groups in total. The van der Waals surface area contributed by atoms with E-state index in [1.54, 1.807) is 0 Å². The Morgan fingerprint density at radius 2 is 0.982 bits per heavy atom. The maximum absolute atomic E-state index is 7.13. The molecule has 4 aromatic heterocycles. The van der Waals surface area contributed by atoms with E-state index in [9.17, 15) is 0 Å². The number of furan rings is 1. The molecule has 0 spiro atoms. The van der Waals surface area contributed by atoms with Crippen LogP contribution < -0.4 is 0 Å². The van der Waals surface area contributed by atoms with Gasteiger partial charge in [-0.3, -0.25) is 0 Å². The first-order valence-electron chi connectivity index (χ1n) is 19.3. The van der Waals surface area contributed by atoms with Crippen LogP contribution in [0.5, 0.6) is 0 Å². The first kappa shape index (κ1) is 32.0.